The highest BCUT2D eigenvalue weighted by Crippen LogP contribution is 2.50. The SMILES string of the molecule is CC(=O)N(Cc1cc(C(F)(F)F)cc(C(F)(F)F)c1)C1CCCN(CC2(C(=O)O)CC2)c2cc(C(F)(F)F)c(C)cc21. The van der Waals surface area contributed by atoms with Crippen molar-refractivity contribution in [3.05, 3.63) is 63.7 Å². The summed E-state index contributed by atoms with van der Waals surface area (Å²) in [5.74, 6) is -1.81. The molecule has 1 amide bonds. The molecule has 14 heteroatoms. The first-order chi connectivity index (χ1) is 19.2. The van der Waals surface area contributed by atoms with Gasteiger partial charge in [-0.15, -0.1) is 0 Å². The van der Waals surface area contributed by atoms with Gasteiger partial charge in [-0.2, -0.15) is 39.5 Å². The molecule has 0 spiro atoms. The van der Waals surface area contributed by atoms with E-state index in [1.807, 2.05) is 0 Å². The number of halogens is 9. The fraction of sp³-hybridized carbons (Fsp3) is 0.500. The second kappa shape index (κ2) is 10.7. The Kier molecular flexibility index (Phi) is 8.00. The number of carboxylic acids is 1. The standard InChI is InChI=1S/C28H27F9N2O3/c1-15-8-20-22(39(16(2)40)13-17-9-18(26(29,30)31)11-19(10-17)27(32,33)34)4-3-7-38(14-25(5-6-25)24(41)42)23(20)12-21(15)28(35,36)37/h8-12,22H,3-7,13-14H2,1-2H3,(H,41,42). The molecule has 0 bridgehead atoms. The summed E-state index contributed by atoms with van der Waals surface area (Å²) in [5, 5.41) is 9.70. The first-order valence-corrected chi connectivity index (χ1v) is 13.0. The van der Waals surface area contributed by atoms with Crippen molar-refractivity contribution >= 4 is 17.6 Å². The number of benzene rings is 2. The molecule has 1 atom stereocenters. The largest absolute Gasteiger partial charge is 0.481 e. The minimum atomic E-state index is -5.11. The van der Waals surface area contributed by atoms with E-state index in [0.29, 0.717) is 25.0 Å². The van der Waals surface area contributed by atoms with E-state index in [1.54, 1.807) is 0 Å². The van der Waals surface area contributed by atoms with Crippen LogP contribution >= 0.6 is 0 Å². The highest BCUT2D eigenvalue weighted by Gasteiger charge is 2.52. The molecular formula is C28H27F9N2O3. The molecule has 1 saturated carbocycles. The topological polar surface area (TPSA) is 60.9 Å². The second-order valence-corrected chi connectivity index (χ2v) is 10.9. The van der Waals surface area contributed by atoms with Crippen LogP contribution in [0.5, 0.6) is 0 Å². The Morgan fingerprint density at radius 1 is 0.929 bits per heavy atom. The van der Waals surface area contributed by atoms with Crippen LogP contribution in [0.1, 0.15) is 72.0 Å². The minimum absolute atomic E-state index is 0.0224. The van der Waals surface area contributed by atoms with Crippen LogP contribution in [0.2, 0.25) is 0 Å². The predicted octanol–water partition coefficient (Wildman–Crippen LogP) is 7.61. The van der Waals surface area contributed by atoms with Crippen LogP contribution in [-0.2, 0) is 34.7 Å². The lowest BCUT2D eigenvalue weighted by atomic mass is 9.94. The van der Waals surface area contributed by atoms with Crippen LogP contribution in [0.4, 0.5) is 45.2 Å². The van der Waals surface area contributed by atoms with E-state index in [0.717, 1.165) is 17.9 Å². The van der Waals surface area contributed by atoms with Crippen LogP contribution in [0.25, 0.3) is 0 Å². The Morgan fingerprint density at radius 2 is 1.50 bits per heavy atom. The Morgan fingerprint density at radius 3 is 1.95 bits per heavy atom. The lowest BCUT2D eigenvalue weighted by molar-refractivity contribution is -0.144. The second-order valence-electron chi connectivity index (χ2n) is 10.9. The van der Waals surface area contributed by atoms with Gasteiger partial charge in [-0.3, -0.25) is 9.59 Å². The highest BCUT2D eigenvalue weighted by atomic mass is 19.4. The first kappa shape index (κ1) is 31.5. The Labute approximate surface area is 234 Å². The molecular weight excluding hydrogens is 583 g/mol. The van der Waals surface area contributed by atoms with E-state index in [9.17, 15) is 54.2 Å². The predicted molar refractivity (Wildman–Crippen MR) is 132 cm³/mol. The first-order valence-electron chi connectivity index (χ1n) is 13.0. The third-order valence-electron chi connectivity index (χ3n) is 7.87. The number of hydrogen-bond donors (Lipinski definition) is 1. The number of carbonyl (C=O) groups is 2. The van der Waals surface area contributed by atoms with E-state index in [1.165, 1.54) is 17.9 Å². The summed E-state index contributed by atoms with van der Waals surface area (Å²) in [5.41, 5.74) is -5.67. The number of carboxylic acid groups (broad SMARTS) is 1. The average molecular weight is 611 g/mol. The van der Waals surface area contributed by atoms with Crippen molar-refractivity contribution in [2.24, 2.45) is 5.41 Å². The molecule has 1 aliphatic carbocycles. The fourth-order valence-corrected chi connectivity index (χ4v) is 5.51. The maximum Gasteiger partial charge on any atom is 0.416 e. The summed E-state index contributed by atoms with van der Waals surface area (Å²) in [6.45, 7) is 1.64. The number of anilines is 1. The quantitative estimate of drug-likeness (QED) is 0.342. The number of aliphatic carboxylic acids is 1. The molecule has 2 aromatic carbocycles. The number of nitrogens with zero attached hydrogens (tertiary/aromatic N) is 2. The summed E-state index contributed by atoms with van der Waals surface area (Å²) >= 11 is 0. The third kappa shape index (κ3) is 6.46. The van der Waals surface area contributed by atoms with Crippen molar-refractivity contribution in [1.29, 1.82) is 0 Å². The van der Waals surface area contributed by atoms with Gasteiger partial charge in [0.2, 0.25) is 5.91 Å². The molecule has 5 nitrogen and oxygen atoms in total. The molecule has 2 aliphatic rings. The van der Waals surface area contributed by atoms with Crippen molar-refractivity contribution in [2.75, 3.05) is 18.0 Å². The highest BCUT2D eigenvalue weighted by molar-refractivity contribution is 5.79. The molecule has 0 aromatic heterocycles. The van der Waals surface area contributed by atoms with Gasteiger partial charge < -0.3 is 14.9 Å². The molecule has 1 unspecified atom stereocenters. The molecule has 42 heavy (non-hydrogen) atoms. The monoisotopic (exact) mass is 610 g/mol. The minimum Gasteiger partial charge on any atom is -0.481 e. The molecule has 2 aromatic rings. The summed E-state index contributed by atoms with van der Waals surface area (Å²) in [7, 11) is 0. The van der Waals surface area contributed by atoms with Gasteiger partial charge >= 0.3 is 24.5 Å². The maximum atomic E-state index is 13.9. The Balaban J connectivity index is 1.83. The van der Waals surface area contributed by atoms with Crippen LogP contribution in [0.15, 0.2) is 30.3 Å². The van der Waals surface area contributed by atoms with Gasteiger partial charge in [0.25, 0.3) is 0 Å². The smallest absolute Gasteiger partial charge is 0.416 e. The van der Waals surface area contributed by atoms with Crippen molar-refractivity contribution < 1.29 is 54.2 Å². The maximum absolute atomic E-state index is 13.9. The van der Waals surface area contributed by atoms with Gasteiger partial charge in [0.05, 0.1) is 28.1 Å². The Hall–Kier alpha value is -3.45. The molecule has 1 N–H and O–H groups in total. The van der Waals surface area contributed by atoms with Crippen molar-refractivity contribution in [1.82, 2.24) is 4.90 Å². The van der Waals surface area contributed by atoms with Crippen LogP contribution in [0, 0.1) is 12.3 Å². The molecule has 4 rings (SSSR count). The zero-order valence-corrected chi connectivity index (χ0v) is 22.5. The third-order valence-corrected chi connectivity index (χ3v) is 7.87. The lowest BCUT2D eigenvalue weighted by Crippen LogP contribution is -2.36. The van der Waals surface area contributed by atoms with Gasteiger partial charge in [0.15, 0.2) is 0 Å². The van der Waals surface area contributed by atoms with Gasteiger partial charge in [0.1, 0.15) is 0 Å². The van der Waals surface area contributed by atoms with Gasteiger partial charge in [-0.1, -0.05) is 6.07 Å². The van der Waals surface area contributed by atoms with Crippen LogP contribution in [0.3, 0.4) is 0 Å². The number of fused-ring (bicyclic) bond motifs is 1. The fourth-order valence-electron chi connectivity index (χ4n) is 5.51. The normalized spacial score (nSPS) is 18.7. The zero-order chi connectivity index (χ0) is 31.4. The summed E-state index contributed by atoms with van der Waals surface area (Å²) in [4.78, 5) is 27.3. The van der Waals surface area contributed by atoms with Crippen LogP contribution < -0.4 is 4.90 Å². The number of carbonyl (C=O) groups excluding carboxylic acids is 1. The number of hydrogen-bond acceptors (Lipinski definition) is 3. The molecule has 1 fully saturated rings. The molecule has 230 valence electrons. The number of alkyl halides is 9. The average Bonchev–Trinajstić information content (AvgIpc) is 3.65. The van der Waals surface area contributed by atoms with E-state index in [4.69, 9.17) is 0 Å². The van der Waals surface area contributed by atoms with Gasteiger partial charge in [-0.25, -0.2) is 0 Å². The summed E-state index contributed by atoms with van der Waals surface area (Å²) in [6.07, 6.45) is -13.9. The van der Waals surface area contributed by atoms with E-state index in [2.05, 4.69) is 0 Å². The number of aryl methyl sites for hydroxylation is 1. The van der Waals surface area contributed by atoms with E-state index < -0.39 is 70.7 Å². The number of amides is 1. The molecule has 0 saturated heterocycles. The molecule has 1 heterocycles. The Bertz CT molecular complexity index is 1350. The summed E-state index contributed by atoms with van der Waals surface area (Å²) < 4.78 is 123. The van der Waals surface area contributed by atoms with E-state index >= 15 is 0 Å². The zero-order valence-electron chi connectivity index (χ0n) is 22.5. The van der Waals surface area contributed by atoms with Gasteiger partial charge in [-0.05, 0) is 73.6 Å². The molecule has 1 aliphatic heterocycles. The summed E-state index contributed by atoms with van der Waals surface area (Å²) in [6, 6.07) is 2.08. The van der Waals surface area contributed by atoms with Crippen molar-refractivity contribution in [3.63, 3.8) is 0 Å². The number of rotatable bonds is 6. The van der Waals surface area contributed by atoms with Crippen molar-refractivity contribution in [2.45, 2.75) is 70.6 Å². The lowest BCUT2D eigenvalue weighted by Gasteiger charge is -2.34. The van der Waals surface area contributed by atoms with Gasteiger partial charge in [0, 0.05) is 32.2 Å². The van der Waals surface area contributed by atoms with Crippen LogP contribution in [-0.4, -0.2) is 35.0 Å². The molecule has 0 radical (unpaired) electrons. The van der Waals surface area contributed by atoms with E-state index in [-0.39, 0.29) is 48.8 Å². The van der Waals surface area contributed by atoms with Crippen molar-refractivity contribution in [3.8, 4) is 0 Å².